The fraction of sp³-hybridized carbons (Fsp3) is 0.188. The molecule has 2 rings (SSSR count). The van der Waals surface area contributed by atoms with E-state index in [1.54, 1.807) is 12.4 Å². The molecule has 0 aliphatic heterocycles. The average molecular weight is 298 g/mol. The lowest BCUT2D eigenvalue weighted by atomic mass is 10.1. The summed E-state index contributed by atoms with van der Waals surface area (Å²) in [5, 5.41) is 7.87. The smallest absolute Gasteiger partial charge is 0.191 e. The third kappa shape index (κ3) is 4.36. The van der Waals surface area contributed by atoms with Crippen molar-refractivity contribution in [2.45, 2.75) is 20.8 Å². The lowest BCUT2D eigenvalue weighted by molar-refractivity contribution is 1.04. The van der Waals surface area contributed by atoms with Gasteiger partial charge in [-0.05, 0) is 50.7 Å². The van der Waals surface area contributed by atoms with Gasteiger partial charge in [-0.3, -0.25) is 10.4 Å². The fourth-order valence-corrected chi connectivity index (χ4v) is 2.04. The number of aryl methyl sites for hydroxylation is 2. The summed E-state index contributed by atoms with van der Waals surface area (Å²) >= 11 is 5.25. The minimum Gasteiger partial charge on any atom is -0.331 e. The van der Waals surface area contributed by atoms with Crippen LogP contribution in [0.1, 0.15) is 23.6 Å². The summed E-state index contributed by atoms with van der Waals surface area (Å²) in [6, 6.07) is 9.99. The van der Waals surface area contributed by atoms with Crippen LogP contribution in [0.2, 0.25) is 0 Å². The van der Waals surface area contributed by atoms with Gasteiger partial charge in [0.1, 0.15) is 0 Å². The van der Waals surface area contributed by atoms with Gasteiger partial charge in [-0.25, -0.2) is 0 Å². The Balaban J connectivity index is 1.99. The lowest BCUT2D eigenvalue weighted by Crippen LogP contribution is -2.25. The molecule has 0 saturated heterocycles. The number of pyridine rings is 1. The third-order valence-electron chi connectivity index (χ3n) is 3.03. The zero-order valence-electron chi connectivity index (χ0n) is 12.3. The largest absolute Gasteiger partial charge is 0.331 e. The van der Waals surface area contributed by atoms with Crippen molar-refractivity contribution in [2.24, 2.45) is 5.10 Å². The Morgan fingerprint density at radius 3 is 2.71 bits per heavy atom. The van der Waals surface area contributed by atoms with Crippen molar-refractivity contribution < 1.29 is 0 Å². The molecule has 0 amide bonds. The predicted molar refractivity (Wildman–Crippen MR) is 91.7 cm³/mol. The minimum absolute atomic E-state index is 0.463. The molecule has 0 radical (unpaired) electrons. The topological polar surface area (TPSA) is 49.3 Å². The van der Waals surface area contributed by atoms with Gasteiger partial charge in [0.05, 0.1) is 5.71 Å². The molecule has 21 heavy (non-hydrogen) atoms. The van der Waals surface area contributed by atoms with Crippen molar-refractivity contribution in [2.75, 3.05) is 5.32 Å². The SMILES string of the molecule is C/C(=N/NC(=S)Nc1ccc(C)cc1C)c1cccnc1. The first-order valence-corrected chi connectivity index (χ1v) is 7.06. The Morgan fingerprint density at radius 2 is 2.05 bits per heavy atom. The summed E-state index contributed by atoms with van der Waals surface area (Å²) in [5.41, 5.74) is 7.99. The van der Waals surface area contributed by atoms with Gasteiger partial charge < -0.3 is 5.32 Å². The second-order valence-corrected chi connectivity index (χ2v) is 5.23. The lowest BCUT2D eigenvalue weighted by Gasteiger charge is -2.11. The summed E-state index contributed by atoms with van der Waals surface area (Å²) in [7, 11) is 0. The standard InChI is InChI=1S/C16H18N4S/c1-11-6-7-15(12(2)9-11)18-16(21)20-19-13(3)14-5-4-8-17-10-14/h4-10H,1-3H3,(H2,18,20,21)/b19-13-. The maximum atomic E-state index is 5.25. The molecule has 0 atom stereocenters. The van der Waals surface area contributed by atoms with Gasteiger partial charge in [-0.15, -0.1) is 0 Å². The Morgan fingerprint density at radius 1 is 1.24 bits per heavy atom. The van der Waals surface area contributed by atoms with Crippen molar-refractivity contribution in [3.63, 3.8) is 0 Å². The number of benzene rings is 1. The molecule has 0 bridgehead atoms. The molecule has 0 aliphatic carbocycles. The molecular weight excluding hydrogens is 280 g/mol. The Kier molecular flexibility index (Phi) is 5.00. The number of thiocarbonyl (C=S) groups is 1. The average Bonchev–Trinajstić information content (AvgIpc) is 2.48. The summed E-state index contributed by atoms with van der Waals surface area (Å²) < 4.78 is 0. The molecule has 2 aromatic rings. The summed E-state index contributed by atoms with van der Waals surface area (Å²) in [5.74, 6) is 0. The zero-order valence-corrected chi connectivity index (χ0v) is 13.2. The van der Waals surface area contributed by atoms with Gasteiger partial charge in [-0.1, -0.05) is 23.8 Å². The first kappa shape index (κ1) is 15.1. The molecule has 1 aromatic carbocycles. The third-order valence-corrected chi connectivity index (χ3v) is 3.23. The van der Waals surface area contributed by atoms with Crippen LogP contribution >= 0.6 is 12.2 Å². The second kappa shape index (κ2) is 6.95. The van der Waals surface area contributed by atoms with Crippen LogP contribution in [0.5, 0.6) is 0 Å². The summed E-state index contributed by atoms with van der Waals surface area (Å²) in [6.07, 6.45) is 3.50. The normalized spacial score (nSPS) is 11.1. The van der Waals surface area contributed by atoms with E-state index in [9.17, 15) is 0 Å². The molecule has 4 nitrogen and oxygen atoms in total. The number of hydrogen-bond donors (Lipinski definition) is 2. The van der Waals surface area contributed by atoms with E-state index in [0.717, 1.165) is 22.5 Å². The van der Waals surface area contributed by atoms with Crippen molar-refractivity contribution in [3.8, 4) is 0 Å². The number of nitrogens with one attached hydrogen (secondary N) is 2. The molecule has 0 aliphatic rings. The Bertz CT molecular complexity index is 665. The number of hydrazone groups is 1. The van der Waals surface area contributed by atoms with Gasteiger partial charge in [0.15, 0.2) is 5.11 Å². The van der Waals surface area contributed by atoms with Crippen LogP contribution in [0.15, 0.2) is 47.8 Å². The van der Waals surface area contributed by atoms with E-state index >= 15 is 0 Å². The first-order valence-electron chi connectivity index (χ1n) is 6.65. The Labute approximate surface area is 130 Å². The van der Waals surface area contributed by atoms with Crippen LogP contribution in [0, 0.1) is 13.8 Å². The van der Waals surface area contributed by atoms with Crippen LogP contribution in [-0.2, 0) is 0 Å². The van der Waals surface area contributed by atoms with Crippen LogP contribution in [0.3, 0.4) is 0 Å². The molecule has 1 aromatic heterocycles. The van der Waals surface area contributed by atoms with Crippen LogP contribution in [0.4, 0.5) is 5.69 Å². The van der Waals surface area contributed by atoms with Gasteiger partial charge in [-0.2, -0.15) is 5.10 Å². The van der Waals surface area contributed by atoms with E-state index in [2.05, 4.69) is 33.8 Å². The van der Waals surface area contributed by atoms with Crippen LogP contribution < -0.4 is 10.7 Å². The molecule has 2 N–H and O–H groups in total. The molecular formula is C16H18N4S. The van der Waals surface area contributed by atoms with Crippen LogP contribution in [-0.4, -0.2) is 15.8 Å². The monoisotopic (exact) mass is 298 g/mol. The van der Waals surface area contributed by atoms with E-state index < -0.39 is 0 Å². The van der Waals surface area contributed by atoms with Crippen molar-refractivity contribution in [3.05, 3.63) is 59.4 Å². The van der Waals surface area contributed by atoms with E-state index in [0.29, 0.717) is 5.11 Å². The first-order chi connectivity index (χ1) is 10.1. The molecule has 0 fully saturated rings. The van der Waals surface area contributed by atoms with Gasteiger partial charge in [0.2, 0.25) is 0 Å². The molecule has 108 valence electrons. The van der Waals surface area contributed by atoms with E-state index in [1.807, 2.05) is 38.1 Å². The van der Waals surface area contributed by atoms with Crippen molar-refractivity contribution in [1.82, 2.24) is 10.4 Å². The summed E-state index contributed by atoms with van der Waals surface area (Å²) in [4.78, 5) is 4.06. The molecule has 0 saturated carbocycles. The minimum atomic E-state index is 0.463. The van der Waals surface area contributed by atoms with Crippen molar-refractivity contribution in [1.29, 1.82) is 0 Å². The fourth-order valence-electron chi connectivity index (χ4n) is 1.88. The Hall–Kier alpha value is -2.27. The van der Waals surface area contributed by atoms with E-state index in [-0.39, 0.29) is 0 Å². The highest BCUT2D eigenvalue weighted by Crippen LogP contribution is 2.15. The number of aromatic nitrogens is 1. The maximum Gasteiger partial charge on any atom is 0.191 e. The zero-order chi connectivity index (χ0) is 15.2. The number of nitrogens with zero attached hydrogens (tertiary/aromatic N) is 2. The van der Waals surface area contributed by atoms with Crippen LogP contribution in [0.25, 0.3) is 0 Å². The van der Waals surface area contributed by atoms with Gasteiger partial charge >= 0.3 is 0 Å². The molecule has 0 spiro atoms. The van der Waals surface area contributed by atoms with Gasteiger partial charge in [0.25, 0.3) is 0 Å². The maximum absolute atomic E-state index is 5.25. The van der Waals surface area contributed by atoms with E-state index in [1.165, 1.54) is 5.56 Å². The molecule has 1 heterocycles. The highest BCUT2D eigenvalue weighted by atomic mass is 32.1. The molecule has 0 unspecified atom stereocenters. The van der Waals surface area contributed by atoms with E-state index in [4.69, 9.17) is 12.2 Å². The van der Waals surface area contributed by atoms with Gasteiger partial charge in [0, 0.05) is 23.6 Å². The second-order valence-electron chi connectivity index (χ2n) is 4.82. The summed E-state index contributed by atoms with van der Waals surface area (Å²) in [6.45, 7) is 6.01. The highest BCUT2D eigenvalue weighted by Gasteiger charge is 2.01. The number of hydrogen-bond acceptors (Lipinski definition) is 3. The number of anilines is 1. The quantitative estimate of drug-likeness (QED) is 0.518. The molecule has 5 heteroatoms. The van der Waals surface area contributed by atoms with Crippen molar-refractivity contribution >= 4 is 28.7 Å². The number of rotatable bonds is 3. The predicted octanol–water partition coefficient (Wildman–Crippen LogP) is 3.41. The highest BCUT2D eigenvalue weighted by molar-refractivity contribution is 7.80.